The van der Waals surface area contributed by atoms with Crippen molar-refractivity contribution in [1.82, 2.24) is 9.80 Å². The zero-order valence-electron chi connectivity index (χ0n) is 10.7. The predicted molar refractivity (Wildman–Crippen MR) is 62.7 cm³/mol. The van der Waals surface area contributed by atoms with Crippen LogP contribution in [0.2, 0.25) is 0 Å². The summed E-state index contributed by atoms with van der Waals surface area (Å²) in [6.07, 6.45) is 1.25. The molecule has 0 aromatic rings. The van der Waals surface area contributed by atoms with E-state index in [2.05, 4.69) is 6.07 Å². The fourth-order valence-corrected chi connectivity index (χ4v) is 2.11. The fourth-order valence-electron chi connectivity index (χ4n) is 2.11. The van der Waals surface area contributed by atoms with Crippen molar-refractivity contribution >= 4 is 5.91 Å². The first-order valence-corrected chi connectivity index (χ1v) is 5.76. The van der Waals surface area contributed by atoms with Crippen molar-refractivity contribution in [3.8, 4) is 6.07 Å². The normalized spacial score (nSPS) is 24.1. The van der Waals surface area contributed by atoms with Crippen molar-refractivity contribution in [2.45, 2.75) is 45.2 Å². The first-order valence-electron chi connectivity index (χ1n) is 5.76. The third-order valence-electron chi connectivity index (χ3n) is 3.07. The highest BCUT2D eigenvalue weighted by Gasteiger charge is 2.35. The molecule has 1 fully saturated rings. The van der Waals surface area contributed by atoms with Gasteiger partial charge in [0.2, 0.25) is 5.91 Å². The smallest absolute Gasteiger partial charge is 0.241 e. The molecule has 1 saturated heterocycles. The van der Waals surface area contributed by atoms with Gasteiger partial charge in [-0.3, -0.25) is 9.69 Å². The predicted octanol–water partition coefficient (Wildman–Crippen LogP) is 1.23. The number of likely N-dealkylation sites (N-methyl/N-ethyl adjacent to an activating group) is 1. The molecule has 4 heteroatoms. The molecular weight excluding hydrogens is 202 g/mol. The van der Waals surface area contributed by atoms with E-state index in [1.54, 1.807) is 0 Å². The van der Waals surface area contributed by atoms with E-state index in [4.69, 9.17) is 5.26 Å². The van der Waals surface area contributed by atoms with Gasteiger partial charge in [-0.2, -0.15) is 5.26 Å². The van der Waals surface area contributed by atoms with Gasteiger partial charge in [-0.1, -0.05) is 0 Å². The second kappa shape index (κ2) is 4.84. The number of amides is 1. The summed E-state index contributed by atoms with van der Waals surface area (Å²) >= 11 is 0. The van der Waals surface area contributed by atoms with Gasteiger partial charge in [0, 0.05) is 18.6 Å². The van der Waals surface area contributed by atoms with Crippen LogP contribution in [-0.4, -0.2) is 47.4 Å². The van der Waals surface area contributed by atoms with Crippen LogP contribution in [0.1, 0.15) is 33.6 Å². The molecule has 0 spiro atoms. The third kappa shape index (κ3) is 2.73. The van der Waals surface area contributed by atoms with E-state index in [0.717, 1.165) is 19.5 Å². The van der Waals surface area contributed by atoms with E-state index in [-0.39, 0.29) is 23.9 Å². The highest BCUT2D eigenvalue weighted by molar-refractivity contribution is 5.83. The van der Waals surface area contributed by atoms with Gasteiger partial charge in [0.05, 0.1) is 12.5 Å². The Morgan fingerprint density at radius 3 is 2.56 bits per heavy atom. The van der Waals surface area contributed by atoms with Crippen LogP contribution in [0.3, 0.4) is 0 Å². The standard InChI is InChI=1S/C12H21N3O/c1-12(2,3)15-9-5-8-14(4)10(6-7-13)11(15)16/h10H,5-6,8-9H2,1-4H3. The van der Waals surface area contributed by atoms with Gasteiger partial charge < -0.3 is 4.90 Å². The number of carbonyl (C=O) groups excluding carboxylic acids is 1. The Bertz CT molecular complexity index is 300. The Balaban J connectivity index is 2.91. The van der Waals surface area contributed by atoms with Crippen LogP contribution in [0.25, 0.3) is 0 Å². The van der Waals surface area contributed by atoms with Gasteiger partial charge in [0.15, 0.2) is 0 Å². The van der Waals surface area contributed by atoms with E-state index in [0.29, 0.717) is 0 Å². The fraction of sp³-hybridized carbons (Fsp3) is 0.833. The Morgan fingerprint density at radius 1 is 1.44 bits per heavy atom. The minimum absolute atomic E-state index is 0.0917. The van der Waals surface area contributed by atoms with E-state index < -0.39 is 0 Å². The molecule has 1 unspecified atom stereocenters. The number of nitriles is 1. The molecule has 0 aromatic carbocycles. The lowest BCUT2D eigenvalue weighted by Gasteiger charge is -2.36. The average molecular weight is 223 g/mol. The molecule has 0 aromatic heterocycles. The monoisotopic (exact) mass is 223 g/mol. The van der Waals surface area contributed by atoms with E-state index in [9.17, 15) is 4.79 Å². The van der Waals surface area contributed by atoms with Crippen LogP contribution in [0, 0.1) is 11.3 Å². The van der Waals surface area contributed by atoms with E-state index in [1.807, 2.05) is 37.6 Å². The lowest BCUT2D eigenvalue weighted by molar-refractivity contribution is -0.139. The largest absolute Gasteiger partial charge is 0.336 e. The first-order chi connectivity index (χ1) is 7.38. The summed E-state index contributed by atoms with van der Waals surface area (Å²) in [6, 6.07) is 1.84. The van der Waals surface area contributed by atoms with Crippen molar-refractivity contribution in [2.24, 2.45) is 0 Å². The maximum atomic E-state index is 12.3. The lowest BCUT2D eigenvalue weighted by Crippen LogP contribution is -2.51. The first kappa shape index (κ1) is 13.0. The topological polar surface area (TPSA) is 47.3 Å². The Morgan fingerprint density at radius 2 is 2.06 bits per heavy atom. The number of rotatable bonds is 1. The zero-order valence-corrected chi connectivity index (χ0v) is 10.7. The van der Waals surface area contributed by atoms with Crippen molar-refractivity contribution in [3.05, 3.63) is 0 Å². The Hall–Kier alpha value is -1.08. The van der Waals surface area contributed by atoms with Crippen molar-refractivity contribution in [1.29, 1.82) is 5.26 Å². The molecule has 0 bridgehead atoms. The summed E-state index contributed by atoms with van der Waals surface area (Å²) in [7, 11) is 1.92. The molecular formula is C12H21N3O. The quantitative estimate of drug-likeness (QED) is 0.671. The molecule has 16 heavy (non-hydrogen) atoms. The second-order valence-corrected chi connectivity index (χ2v) is 5.37. The van der Waals surface area contributed by atoms with Crippen LogP contribution in [-0.2, 0) is 4.79 Å². The summed E-state index contributed by atoms with van der Waals surface area (Å²) in [5.41, 5.74) is -0.157. The Labute approximate surface area is 97.8 Å². The molecule has 0 saturated carbocycles. The maximum Gasteiger partial charge on any atom is 0.241 e. The number of carbonyl (C=O) groups is 1. The average Bonchev–Trinajstić information content (AvgIpc) is 2.29. The summed E-state index contributed by atoms with van der Waals surface area (Å²) in [6.45, 7) is 7.79. The summed E-state index contributed by atoms with van der Waals surface area (Å²) in [4.78, 5) is 16.2. The highest BCUT2D eigenvalue weighted by atomic mass is 16.2. The zero-order chi connectivity index (χ0) is 12.3. The lowest BCUT2D eigenvalue weighted by atomic mass is 10.0. The molecule has 1 aliphatic rings. The highest BCUT2D eigenvalue weighted by Crippen LogP contribution is 2.20. The molecule has 0 radical (unpaired) electrons. The van der Waals surface area contributed by atoms with Crippen molar-refractivity contribution < 1.29 is 4.79 Å². The van der Waals surface area contributed by atoms with Crippen LogP contribution in [0.5, 0.6) is 0 Å². The summed E-state index contributed by atoms with van der Waals surface area (Å²) in [5, 5.41) is 8.79. The van der Waals surface area contributed by atoms with Crippen LogP contribution in [0.4, 0.5) is 0 Å². The van der Waals surface area contributed by atoms with Crippen molar-refractivity contribution in [3.63, 3.8) is 0 Å². The summed E-state index contributed by atoms with van der Waals surface area (Å²) in [5.74, 6) is 0.0917. The molecule has 1 rings (SSSR count). The molecule has 4 nitrogen and oxygen atoms in total. The number of nitrogens with zero attached hydrogens (tertiary/aromatic N) is 3. The minimum Gasteiger partial charge on any atom is -0.336 e. The molecule has 0 aliphatic carbocycles. The third-order valence-corrected chi connectivity index (χ3v) is 3.07. The van der Waals surface area contributed by atoms with Gasteiger partial charge in [0.25, 0.3) is 0 Å². The van der Waals surface area contributed by atoms with Gasteiger partial charge in [-0.25, -0.2) is 0 Å². The SMILES string of the molecule is CN1CCCN(C(C)(C)C)C(=O)C1CC#N. The van der Waals surface area contributed by atoms with Gasteiger partial charge >= 0.3 is 0 Å². The van der Waals surface area contributed by atoms with Crippen LogP contribution < -0.4 is 0 Å². The van der Waals surface area contributed by atoms with E-state index >= 15 is 0 Å². The van der Waals surface area contributed by atoms with Gasteiger partial charge in [0.1, 0.15) is 6.04 Å². The van der Waals surface area contributed by atoms with Crippen molar-refractivity contribution in [2.75, 3.05) is 20.1 Å². The molecule has 1 atom stereocenters. The number of hydrogen-bond donors (Lipinski definition) is 0. The van der Waals surface area contributed by atoms with Gasteiger partial charge in [-0.15, -0.1) is 0 Å². The van der Waals surface area contributed by atoms with E-state index in [1.165, 1.54) is 0 Å². The second-order valence-electron chi connectivity index (χ2n) is 5.37. The molecule has 1 amide bonds. The van der Waals surface area contributed by atoms with Crippen LogP contribution >= 0.6 is 0 Å². The molecule has 1 aliphatic heterocycles. The molecule has 0 N–H and O–H groups in total. The maximum absolute atomic E-state index is 12.3. The Kier molecular flexibility index (Phi) is 3.93. The molecule has 90 valence electrons. The number of hydrogen-bond acceptors (Lipinski definition) is 3. The minimum atomic E-state index is -0.272. The summed E-state index contributed by atoms with van der Waals surface area (Å²) < 4.78 is 0. The van der Waals surface area contributed by atoms with Gasteiger partial charge in [-0.05, 0) is 34.2 Å². The molecule has 1 heterocycles. The van der Waals surface area contributed by atoms with Crippen LogP contribution in [0.15, 0.2) is 0 Å².